The molecule has 0 spiro atoms. The van der Waals surface area contributed by atoms with Crippen LogP contribution in [0.15, 0.2) is 30.3 Å². The number of rotatable bonds is 5. The topological polar surface area (TPSA) is 58.4 Å². The number of nitrogens with two attached hydrogens (primary N) is 1. The molecule has 1 aliphatic rings. The number of amides is 1. The van der Waals surface area contributed by atoms with Crippen LogP contribution in [0, 0.1) is 5.92 Å². The van der Waals surface area contributed by atoms with Crippen molar-refractivity contribution in [1.82, 2.24) is 10.3 Å². The predicted octanol–water partition coefficient (Wildman–Crippen LogP) is 2.62. The second-order valence-electron chi connectivity index (χ2n) is 5.94. The lowest BCUT2D eigenvalue weighted by Gasteiger charge is -2.29. The molecule has 0 aliphatic carbocycles. The zero-order chi connectivity index (χ0) is 15.1. The van der Waals surface area contributed by atoms with Crippen LogP contribution in [-0.2, 0) is 4.79 Å². The Bertz CT molecular complexity index is 435. The van der Waals surface area contributed by atoms with Crippen molar-refractivity contribution in [2.75, 3.05) is 13.1 Å². The lowest BCUT2D eigenvalue weighted by Crippen LogP contribution is -2.43. The van der Waals surface area contributed by atoms with Gasteiger partial charge in [-0.05, 0) is 43.8 Å². The number of nitrogens with one attached hydrogen (secondary N) is 1. The van der Waals surface area contributed by atoms with Crippen molar-refractivity contribution in [3.05, 3.63) is 35.9 Å². The quantitative estimate of drug-likeness (QED) is 0.498. The lowest BCUT2D eigenvalue weighted by molar-refractivity contribution is -0.126. The van der Waals surface area contributed by atoms with Gasteiger partial charge >= 0.3 is 0 Å². The molecule has 4 nitrogen and oxygen atoms in total. The fourth-order valence-electron chi connectivity index (χ4n) is 3.38. The Hall–Kier alpha value is -1.39. The maximum absolute atomic E-state index is 12.3. The van der Waals surface area contributed by atoms with Gasteiger partial charge in [0.05, 0.1) is 0 Å². The summed E-state index contributed by atoms with van der Waals surface area (Å²) < 4.78 is 0. The number of likely N-dealkylation sites (tertiary alicyclic amines) is 1. The van der Waals surface area contributed by atoms with Crippen molar-refractivity contribution in [3.8, 4) is 0 Å². The average Bonchev–Trinajstić information content (AvgIpc) is 2.75. The minimum atomic E-state index is -0.267. The number of carbonyl (C=O) groups is 1. The molecule has 1 heterocycles. The molecule has 0 radical (unpaired) electrons. The zero-order valence-corrected chi connectivity index (χ0v) is 12.9. The van der Waals surface area contributed by atoms with Gasteiger partial charge in [-0.15, -0.1) is 0 Å². The smallest absolute Gasteiger partial charge is 0.255 e. The van der Waals surface area contributed by atoms with E-state index in [0.29, 0.717) is 0 Å². The van der Waals surface area contributed by atoms with Crippen LogP contribution < -0.4 is 11.3 Å². The van der Waals surface area contributed by atoms with E-state index in [1.165, 1.54) is 25.7 Å². The van der Waals surface area contributed by atoms with Gasteiger partial charge in [-0.25, -0.2) is 5.84 Å². The van der Waals surface area contributed by atoms with E-state index in [9.17, 15) is 4.79 Å². The summed E-state index contributed by atoms with van der Waals surface area (Å²) in [4.78, 5) is 14.5. The van der Waals surface area contributed by atoms with E-state index in [2.05, 4.69) is 17.2 Å². The number of carbonyl (C=O) groups excluding carboxylic acids is 1. The highest BCUT2D eigenvalue weighted by atomic mass is 16.2. The molecule has 1 aromatic carbocycles. The molecule has 0 bridgehead atoms. The van der Waals surface area contributed by atoms with Crippen molar-refractivity contribution in [3.63, 3.8) is 0 Å². The van der Waals surface area contributed by atoms with Gasteiger partial charge in [0, 0.05) is 0 Å². The fourth-order valence-corrected chi connectivity index (χ4v) is 3.38. The van der Waals surface area contributed by atoms with Gasteiger partial charge in [0.1, 0.15) is 6.04 Å². The molecule has 0 saturated carbocycles. The molecule has 1 saturated heterocycles. The second kappa shape index (κ2) is 8.15. The van der Waals surface area contributed by atoms with Crippen LogP contribution >= 0.6 is 0 Å². The molecule has 1 fully saturated rings. The minimum Gasteiger partial charge on any atom is -0.293 e. The number of nitrogens with zero attached hydrogens (tertiary/aromatic N) is 1. The van der Waals surface area contributed by atoms with E-state index >= 15 is 0 Å². The van der Waals surface area contributed by atoms with E-state index in [-0.39, 0.29) is 11.9 Å². The fraction of sp³-hybridized carbons (Fsp3) is 0.588. The van der Waals surface area contributed by atoms with Crippen LogP contribution in [0.1, 0.15) is 50.6 Å². The Morgan fingerprint density at radius 1 is 1.33 bits per heavy atom. The third-order valence-electron chi connectivity index (χ3n) is 4.45. The van der Waals surface area contributed by atoms with Gasteiger partial charge in [0.2, 0.25) is 0 Å². The van der Waals surface area contributed by atoms with Crippen molar-refractivity contribution in [1.29, 1.82) is 0 Å². The number of benzene rings is 1. The van der Waals surface area contributed by atoms with E-state index in [1.54, 1.807) is 0 Å². The predicted molar refractivity (Wildman–Crippen MR) is 85.3 cm³/mol. The van der Waals surface area contributed by atoms with E-state index in [1.807, 2.05) is 30.3 Å². The summed E-state index contributed by atoms with van der Waals surface area (Å²) >= 11 is 0. The van der Waals surface area contributed by atoms with Crippen LogP contribution in [0.4, 0.5) is 0 Å². The van der Waals surface area contributed by atoms with E-state index < -0.39 is 0 Å². The summed E-state index contributed by atoms with van der Waals surface area (Å²) in [6.07, 6.45) is 6.15. The Kier molecular flexibility index (Phi) is 6.21. The summed E-state index contributed by atoms with van der Waals surface area (Å²) in [7, 11) is 0. The molecule has 2 atom stereocenters. The first-order valence-corrected chi connectivity index (χ1v) is 8.05. The first kappa shape index (κ1) is 16.0. The SMILES string of the molecule is CCCC1CCCN(C(C(=O)NN)c2ccccc2)CC1. The number of hydrogen-bond acceptors (Lipinski definition) is 3. The maximum Gasteiger partial charge on any atom is 0.255 e. The summed E-state index contributed by atoms with van der Waals surface area (Å²) in [5.74, 6) is 6.09. The van der Waals surface area contributed by atoms with Crippen LogP contribution in [-0.4, -0.2) is 23.9 Å². The normalized spacial score (nSPS) is 21.5. The molecule has 1 aromatic rings. The Labute approximate surface area is 127 Å². The Balaban J connectivity index is 2.12. The number of hydrazine groups is 1. The van der Waals surface area contributed by atoms with Crippen LogP contribution in [0.5, 0.6) is 0 Å². The first-order chi connectivity index (χ1) is 10.3. The van der Waals surface area contributed by atoms with Gasteiger partial charge < -0.3 is 0 Å². The summed E-state index contributed by atoms with van der Waals surface area (Å²) in [5, 5.41) is 0. The van der Waals surface area contributed by atoms with E-state index in [0.717, 1.165) is 31.0 Å². The zero-order valence-electron chi connectivity index (χ0n) is 12.9. The highest BCUT2D eigenvalue weighted by Gasteiger charge is 2.29. The highest BCUT2D eigenvalue weighted by Crippen LogP contribution is 2.28. The van der Waals surface area contributed by atoms with E-state index in [4.69, 9.17) is 5.84 Å². The standard InChI is InChI=1S/C17H27N3O/c1-2-7-14-8-6-12-20(13-11-14)16(17(21)19-18)15-9-4-3-5-10-15/h3-5,9-10,14,16H,2,6-8,11-13,18H2,1H3,(H,19,21). The molecule has 2 rings (SSSR count). The molecule has 116 valence electrons. The molecule has 21 heavy (non-hydrogen) atoms. The van der Waals surface area contributed by atoms with Gasteiger partial charge in [-0.2, -0.15) is 0 Å². The average molecular weight is 289 g/mol. The van der Waals surface area contributed by atoms with Gasteiger partial charge in [0.15, 0.2) is 0 Å². The third-order valence-corrected chi connectivity index (χ3v) is 4.45. The molecule has 4 heteroatoms. The van der Waals surface area contributed by atoms with Crippen LogP contribution in [0.25, 0.3) is 0 Å². The molecule has 1 aliphatic heterocycles. The summed E-state index contributed by atoms with van der Waals surface area (Å²) in [5.41, 5.74) is 3.36. The largest absolute Gasteiger partial charge is 0.293 e. The second-order valence-corrected chi connectivity index (χ2v) is 5.94. The summed E-state index contributed by atoms with van der Waals surface area (Å²) in [6.45, 7) is 4.18. The lowest BCUT2D eigenvalue weighted by atomic mass is 9.96. The Morgan fingerprint density at radius 3 is 2.76 bits per heavy atom. The third kappa shape index (κ3) is 4.29. The van der Waals surface area contributed by atoms with Crippen LogP contribution in [0.2, 0.25) is 0 Å². The van der Waals surface area contributed by atoms with Crippen LogP contribution in [0.3, 0.4) is 0 Å². The van der Waals surface area contributed by atoms with Gasteiger partial charge in [-0.1, -0.05) is 50.1 Å². The van der Waals surface area contributed by atoms with Crippen molar-refractivity contribution < 1.29 is 4.79 Å². The molecule has 2 unspecified atom stereocenters. The summed E-state index contributed by atoms with van der Waals surface area (Å²) in [6, 6.07) is 9.67. The molecule has 1 amide bonds. The van der Waals surface area contributed by atoms with Crippen molar-refractivity contribution in [2.45, 2.75) is 45.1 Å². The molecule has 0 aromatic heterocycles. The van der Waals surface area contributed by atoms with Crippen molar-refractivity contribution in [2.24, 2.45) is 11.8 Å². The minimum absolute atomic E-state index is 0.116. The monoisotopic (exact) mass is 289 g/mol. The Morgan fingerprint density at radius 2 is 2.10 bits per heavy atom. The van der Waals surface area contributed by atoms with Gasteiger partial charge in [-0.3, -0.25) is 15.1 Å². The van der Waals surface area contributed by atoms with Crippen molar-refractivity contribution >= 4 is 5.91 Å². The maximum atomic E-state index is 12.3. The molecular formula is C17H27N3O. The molecule has 3 N–H and O–H groups in total. The van der Waals surface area contributed by atoms with Gasteiger partial charge in [0.25, 0.3) is 5.91 Å². The molecular weight excluding hydrogens is 262 g/mol. The number of hydrogen-bond donors (Lipinski definition) is 2. The highest BCUT2D eigenvalue weighted by molar-refractivity contribution is 5.82. The first-order valence-electron chi connectivity index (χ1n) is 8.05.